The number of benzene rings is 2. The van der Waals surface area contributed by atoms with Gasteiger partial charge in [0.2, 0.25) is 0 Å². The smallest absolute Gasteiger partial charge is 0.268 e. The van der Waals surface area contributed by atoms with Gasteiger partial charge in [-0.15, -0.1) is 0 Å². The molecule has 126 valence electrons. The van der Waals surface area contributed by atoms with E-state index in [1.54, 1.807) is 13.0 Å². The van der Waals surface area contributed by atoms with Crippen LogP contribution in [0.3, 0.4) is 0 Å². The molecule has 0 saturated heterocycles. The first kappa shape index (κ1) is 16.9. The Bertz CT molecular complexity index is 948. The average Bonchev–Trinajstić information content (AvgIpc) is 2.80. The van der Waals surface area contributed by atoms with Gasteiger partial charge in [0.1, 0.15) is 5.03 Å². The van der Waals surface area contributed by atoms with Crippen LogP contribution in [0.1, 0.15) is 16.7 Å². The normalized spacial score (nSPS) is 14.4. The SMILES string of the molecule is Cc1ccc(C)c(N2C(=O)C(Cl)=C(c3ccc([N+](=O)[O-])cc3)C2=O)c1. The zero-order chi connectivity index (χ0) is 18.3. The van der Waals surface area contributed by atoms with Gasteiger partial charge >= 0.3 is 0 Å². The summed E-state index contributed by atoms with van der Waals surface area (Å²) in [5.74, 6) is -1.15. The summed E-state index contributed by atoms with van der Waals surface area (Å²) in [6.45, 7) is 3.66. The number of anilines is 1. The van der Waals surface area contributed by atoms with Crippen molar-refractivity contribution < 1.29 is 14.5 Å². The molecule has 1 aliphatic heterocycles. The molecule has 0 fully saturated rings. The van der Waals surface area contributed by atoms with E-state index in [9.17, 15) is 19.7 Å². The third-order valence-corrected chi connectivity index (χ3v) is 4.35. The van der Waals surface area contributed by atoms with Crippen LogP contribution >= 0.6 is 11.6 Å². The van der Waals surface area contributed by atoms with Crippen LogP contribution in [0.15, 0.2) is 47.5 Å². The first-order chi connectivity index (χ1) is 11.8. The number of non-ortho nitro benzene ring substituents is 1. The second kappa shape index (κ2) is 6.14. The maximum Gasteiger partial charge on any atom is 0.277 e. The van der Waals surface area contributed by atoms with E-state index in [0.717, 1.165) is 16.0 Å². The van der Waals surface area contributed by atoms with E-state index in [0.29, 0.717) is 11.3 Å². The third-order valence-electron chi connectivity index (χ3n) is 4.00. The van der Waals surface area contributed by atoms with Crippen LogP contribution in [0.2, 0.25) is 0 Å². The predicted molar refractivity (Wildman–Crippen MR) is 94.3 cm³/mol. The summed E-state index contributed by atoms with van der Waals surface area (Å²) >= 11 is 6.13. The standard InChI is InChI=1S/C18H13ClN2O4/c1-10-3-4-11(2)14(9-10)20-17(22)15(16(19)18(20)23)12-5-7-13(8-6-12)21(24)25/h3-9H,1-2H3. The summed E-state index contributed by atoms with van der Waals surface area (Å²) in [4.78, 5) is 36.6. The summed E-state index contributed by atoms with van der Waals surface area (Å²) in [6, 6.07) is 10.8. The van der Waals surface area contributed by atoms with Crippen molar-refractivity contribution in [3.63, 3.8) is 0 Å². The summed E-state index contributed by atoms with van der Waals surface area (Å²) in [5, 5.41) is 10.6. The van der Waals surface area contributed by atoms with Crippen molar-refractivity contribution in [3.8, 4) is 0 Å². The minimum atomic E-state index is -0.603. The number of carbonyl (C=O) groups excluding carboxylic acids is 2. The van der Waals surface area contributed by atoms with Crippen LogP contribution in [0, 0.1) is 24.0 Å². The third kappa shape index (κ3) is 2.81. The largest absolute Gasteiger partial charge is 0.277 e. The summed E-state index contributed by atoms with van der Waals surface area (Å²) in [5.41, 5.74) is 2.45. The second-order valence-electron chi connectivity index (χ2n) is 5.73. The molecule has 0 N–H and O–H groups in total. The maximum atomic E-state index is 12.8. The predicted octanol–water partition coefficient (Wildman–Crippen LogP) is 3.73. The Kier molecular flexibility index (Phi) is 4.14. The van der Waals surface area contributed by atoms with Crippen LogP contribution in [0.5, 0.6) is 0 Å². The Morgan fingerprint density at radius 2 is 1.64 bits per heavy atom. The Morgan fingerprint density at radius 3 is 2.24 bits per heavy atom. The van der Waals surface area contributed by atoms with Gasteiger partial charge in [0.25, 0.3) is 17.5 Å². The number of halogens is 1. The maximum absolute atomic E-state index is 12.8. The van der Waals surface area contributed by atoms with Crippen molar-refractivity contribution in [2.45, 2.75) is 13.8 Å². The van der Waals surface area contributed by atoms with Crippen molar-refractivity contribution in [1.29, 1.82) is 0 Å². The minimum absolute atomic E-state index is 0.0440. The highest BCUT2D eigenvalue weighted by molar-refractivity contribution is 6.60. The van der Waals surface area contributed by atoms with Crippen LogP contribution < -0.4 is 4.90 Å². The van der Waals surface area contributed by atoms with E-state index in [2.05, 4.69) is 0 Å². The average molecular weight is 357 g/mol. The number of aryl methyl sites for hydroxylation is 2. The molecular formula is C18H13ClN2O4. The molecular weight excluding hydrogens is 344 g/mol. The molecule has 0 bridgehead atoms. The van der Waals surface area contributed by atoms with Gasteiger partial charge in [0.05, 0.1) is 16.2 Å². The lowest BCUT2D eigenvalue weighted by molar-refractivity contribution is -0.384. The van der Waals surface area contributed by atoms with Gasteiger partial charge in [-0.25, -0.2) is 4.90 Å². The van der Waals surface area contributed by atoms with Crippen LogP contribution in [0.4, 0.5) is 11.4 Å². The molecule has 0 radical (unpaired) electrons. The lowest BCUT2D eigenvalue weighted by Gasteiger charge is -2.18. The van der Waals surface area contributed by atoms with Crippen molar-refractivity contribution in [1.82, 2.24) is 0 Å². The van der Waals surface area contributed by atoms with Crippen LogP contribution in [-0.4, -0.2) is 16.7 Å². The number of nitrogens with zero attached hydrogens (tertiary/aromatic N) is 2. The van der Waals surface area contributed by atoms with Gasteiger partial charge in [-0.1, -0.05) is 23.7 Å². The number of carbonyl (C=O) groups is 2. The van der Waals surface area contributed by atoms with Crippen molar-refractivity contribution >= 4 is 40.4 Å². The van der Waals surface area contributed by atoms with E-state index in [4.69, 9.17) is 11.6 Å². The molecule has 0 aromatic heterocycles. The molecule has 0 spiro atoms. The fourth-order valence-electron chi connectivity index (χ4n) is 2.68. The molecule has 2 aromatic rings. The number of rotatable bonds is 3. The Balaban J connectivity index is 2.05. The van der Waals surface area contributed by atoms with Gasteiger partial charge in [0, 0.05) is 12.1 Å². The van der Waals surface area contributed by atoms with Crippen molar-refractivity contribution in [2.75, 3.05) is 4.90 Å². The molecule has 7 heteroatoms. The van der Waals surface area contributed by atoms with Crippen LogP contribution in [0.25, 0.3) is 5.57 Å². The minimum Gasteiger partial charge on any atom is -0.268 e. The fourth-order valence-corrected chi connectivity index (χ4v) is 2.96. The molecule has 2 aromatic carbocycles. The van der Waals surface area contributed by atoms with Gasteiger partial charge in [-0.2, -0.15) is 0 Å². The summed E-state index contributed by atoms with van der Waals surface area (Å²) < 4.78 is 0. The zero-order valence-corrected chi connectivity index (χ0v) is 14.2. The Morgan fingerprint density at radius 1 is 1.00 bits per heavy atom. The fraction of sp³-hybridized carbons (Fsp3) is 0.111. The molecule has 3 rings (SSSR count). The highest BCUT2D eigenvalue weighted by atomic mass is 35.5. The summed E-state index contributed by atoms with van der Waals surface area (Å²) in [6.07, 6.45) is 0. The van der Waals surface area contributed by atoms with E-state index in [-0.39, 0.29) is 16.3 Å². The number of nitro benzene ring substituents is 1. The van der Waals surface area contributed by atoms with Gasteiger partial charge in [0.15, 0.2) is 0 Å². The molecule has 1 aliphatic rings. The number of imide groups is 1. The molecule has 0 aliphatic carbocycles. The van der Waals surface area contributed by atoms with E-state index >= 15 is 0 Å². The van der Waals surface area contributed by atoms with Crippen molar-refractivity contribution in [2.24, 2.45) is 0 Å². The monoisotopic (exact) mass is 356 g/mol. The van der Waals surface area contributed by atoms with E-state index in [1.807, 2.05) is 19.1 Å². The number of amides is 2. The van der Waals surface area contributed by atoms with Crippen LogP contribution in [-0.2, 0) is 9.59 Å². The summed E-state index contributed by atoms with van der Waals surface area (Å²) in [7, 11) is 0. The molecule has 2 amide bonds. The van der Waals surface area contributed by atoms with E-state index in [1.165, 1.54) is 24.3 Å². The highest BCUT2D eigenvalue weighted by Crippen LogP contribution is 2.36. The van der Waals surface area contributed by atoms with Gasteiger partial charge < -0.3 is 0 Å². The lowest BCUT2D eigenvalue weighted by atomic mass is 10.1. The number of hydrogen-bond acceptors (Lipinski definition) is 4. The first-order valence-corrected chi connectivity index (χ1v) is 7.79. The molecule has 25 heavy (non-hydrogen) atoms. The molecule has 6 nitrogen and oxygen atoms in total. The van der Waals surface area contributed by atoms with Gasteiger partial charge in [-0.05, 0) is 48.7 Å². The Hall–Kier alpha value is -2.99. The quantitative estimate of drug-likeness (QED) is 0.476. The number of nitro groups is 1. The second-order valence-corrected chi connectivity index (χ2v) is 6.11. The topological polar surface area (TPSA) is 80.5 Å². The molecule has 1 heterocycles. The lowest BCUT2D eigenvalue weighted by Crippen LogP contribution is -2.31. The molecule has 0 atom stereocenters. The van der Waals surface area contributed by atoms with E-state index < -0.39 is 16.7 Å². The highest BCUT2D eigenvalue weighted by Gasteiger charge is 2.39. The number of hydrogen-bond donors (Lipinski definition) is 0. The first-order valence-electron chi connectivity index (χ1n) is 7.42. The Labute approximate surface area is 148 Å². The molecule has 0 saturated carbocycles. The van der Waals surface area contributed by atoms with Gasteiger partial charge in [-0.3, -0.25) is 19.7 Å². The van der Waals surface area contributed by atoms with Crippen molar-refractivity contribution in [3.05, 3.63) is 74.3 Å². The molecule has 0 unspecified atom stereocenters. The zero-order valence-electron chi connectivity index (χ0n) is 13.4.